The third-order valence-electron chi connectivity index (χ3n) is 5.41. The maximum atomic E-state index is 12.8. The standard InChI is InChI=1S/C20H25N3O3/c1-14-12-15-4-2-5-16-18(15)23(14)13-17(19(16)24)20(25)21-6-3-7-22-8-10-26-11-9-22/h2,4-5,13-14H,3,6-12H2,1H3,(H,21,25). The highest BCUT2D eigenvalue weighted by Gasteiger charge is 2.24. The number of carbonyl (C=O) groups excluding carboxylic acids is 1. The van der Waals surface area contributed by atoms with E-state index in [4.69, 9.17) is 4.74 Å². The second-order valence-corrected chi connectivity index (χ2v) is 7.21. The highest BCUT2D eigenvalue weighted by molar-refractivity contribution is 5.98. The van der Waals surface area contributed by atoms with Gasteiger partial charge in [0.15, 0.2) is 0 Å². The van der Waals surface area contributed by atoms with Crippen molar-refractivity contribution < 1.29 is 9.53 Å². The zero-order valence-corrected chi connectivity index (χ0v) is 15.2. The number of benzene rings is 1. The van der Waals surface area contributed by atoms with E-state index in [0.29, 0.717) is 11.9 Å². The lowest BCUT2D eigenvalue weighted by atomic mass is 10.1. The number of nitrogens with zero attached hydrogens (tertiary/aromatic N) is 2. The lowest BCUT2D eigenvalue weighted by Crippen LogP contribution is -2.38. The monoisotopic (exact) mass is 355 g/mol. The Morgan fingerprint density at radius 2 is 2.12 bits per heavy atom. The molecule has 0 spiro atoms. The molecule has 1 aromatic carbocycles. The summed E-state index contributed by atoms with van der Waals surface area (Å²) in [6, 6.07) is 6.06. The van der Waals surface area contributed by atoms with Gasteiger partial charge in [0, 0.05) is 37.3 Å². The van der Waals surface area contributed by atoms with Gasteiger partial charge < -0.3 is 14.6 Å². The zero-order valence-electron chi connectivity index (χ0n) is 15.2. The van der Waals surface area contributed by atoms with Crippen molar-refractivity contribution in [3.63, 3.8) is 0 Å². The van der Waals surface area contributed by atoms with E-state index in [1.807, 2.05) is 12.1 Å². The van der Waals surface area contributed by atoms with E-state index in [0.717, 1.165) is 51.2 Å². The Hall–Kier alpha value is -2.18. The van der Waals surface area contributed by atoms with Crippen LogP contribution < -0.4 is 10.7 Å². The molecule has 0 radical (unpaired) electrons. The van der Waals surface area contributed by atoms with E-state index in [1.54, 1.807) is 6.20 Å². The van der Waals surface area contributed by atoms with Gasteiger partial charge in [0.1, 0.15) is 5.56 Å². The number of pyridine rings is 1. The summed E-state index contributed by atoms with van der Waals surface area (Å²) in [5.41, 5.74) is 2.24. The number of hydrogen-bond donors (Lipinski definition) is 1. The number of amides is 1. The molecule has 2 aromatic rings. The Morgan fingerprint density at radius 1 is 1.31 bits per heavy atom. The first-order valence-electron chi connectivity index (χ1n) is 9.40. The molecule has 0 aliphatic carbocycles. The molecule has 2 aliphatic rings. The fourth-order valence-corrected chi connectivity index (χ4v) is 4.00. The van der Waals surface area contributed by atoms with Crippen LogP contribution in [0.25, 0.3) is 10.9 Å². The van der Waals surface area contributed by atoms with Gasteiger partial charge in [-0.3, -0.25) is 14.5 Å². The highest BCUT2D eigenvalue weighted by Crippen LogP contribution is 2.30. The summed E-state index contributed by atoms with van der Waals surface area (Å²) in [6.07, 6.45) is 3.51. The molecule has 26 heavy (non-hydrogen) atoms. The molecule has 4 rings (SSSR count). The van der Waals surface area contributed by atoms with Gasteiger partial charge in [-0.2, -0.15) is 0 Å². The summed E-state index contributed by atoms with van der Waals surface area (Å²) in [7, 11) is 0. The first-order valence-corrected chi connectivity index (χ1v) is 9.40. The zero-order chi connectivity index (χ0) is 18.1. The fourth-order valence-electron chi connectivity index (χ4n) is 4.00. The van der Waals surface area contributed by atoms with E-state index in [-0.39, 0.29) is 22.9 Å². The number of hydrogen-bond acceptors (Lipinski definition) is 4. The van der Waals surface area contributed by atoms with Crippen LogP contribution in [0.15, 0.2) is 29.2 Å². The van der Waals surface area contributed by atoms with Crippen molar-refractivity contribution in [2.75, 3.05) is 39.4 Å². The Labute approximate surface area is 152 Å². The van der Waals surface area contributed by atoms with Crippen LogP contribution in [0, 0.1) is 0 Å². The number of para-hydroxylation sites is 1. The van der Waals surface area contributed by atoms with Crippen LogP contribution in [-0.2, 0) is 11.2 Å². The van der Waals surface area contributed by atoms with E-state index < -0.39 is 0 Å². The Kier molecular flexibility index (Phi) is 4.78. The molecule has 1 saturated heterocycles. The third kappa shape index (κ3) is 3.15. The third-order valence-corrected chi connectivity index (χ3v) is 5.41. The molecule has 1 amide bonds. The molecule has 1 N–H and O–H groups in total. The average Bonchev–Trinajstić information content (AvgIpc) is 2.98. The summed E-state index contributed by atoms with van der Waals surface area (Å²) in [5, 5.41) is 3.56. The Bertz CT molecular complexity index is 884. The molecule has 6 nitrogen and oxygen atoms in total. The Balaban J connectivity index is 1.46. The molecule has 0 saturated carbocycles. The molecule has 1 atom stereocenters. The smallest absolute Gasteiger partial charge is 0.256 e. The lowest BCUT2D eigenvalue weighted by Gasteiger charge is -2.26. The van der Waals surface area contributed by atoms with Crippen molar-refractivity contribution in [3.8, 4) is 0 Å². The minimum Gasteiger partial charge on any atom is -0.379 e. The summed E-state index contributed by atoms with van der Waals surface area (Å²) in [6.45, 7) is 7.09. The number of carbonyl (C=O) groups is 1. The van der Waals surface area contributed by atoms with Crippen LogP contribution in [0.1, 0.15) is 35.3 Å². The Morgan fingerprint density at radius 3 is 2.92 bits per heavy atom. The van der Waals surface area contributed by atoms with Crippen LogP contribution in [0.2, 0.25) is 0 Å². The number of rotatable bonds is 5. The number of nitrogens with one attached hydrogen (secondary N) is 1. The van der Waals surface area contributed by atoms with Crippen molar-refractivity contribution in [1.82, 2.24) is 14.8 Å². The largest absolute Gasteiger partial charge is 0.379 e. The van der Waals surface area contributed by atoms with Gasteiger partial charge in [0.25, 0.3) is 5.91 Å². The van der Waals surface area contributed by atoms with E-state index in [2.05, 4.69) is 27.8 Å². The van der Waals surface area contributed by atoms with Crippen molar-refractivity contribution >= 4 is 16.8 Å². The summed E-state index contributed by atoms with van der Waals surface area (Å²) in [4.78, 5) is 27.7. The summed E-state index contributed by atoms with van der Waals surface area (Å²) < 4.78 is 7.41. The van der Waals surface area contributed by atoms with Gasteiger partial charge in [-0.05, 0) is 37.9 Å². The second kappa shape index (κ2) is 7.21. The minimum atomic E-state index is -0.271. The van der Waals surface area contributed by atoms with Crippen LogP contribution in [-0.4, -0.2) is 54.8 Å². The maximum absolute atomic E-state index is 12.8. The first-order chi connectivity index (χ1) is 12.6. The average molecular weight is 355 g/mol. The molecule has 6 heteroatoms. The summed E-state index contributed by atoms with van der Waals surface area (Å²) in [5.74, 6) is -0.271. The van der Waals surface area contributed by atoms with Crippen molar-refractivity contribution in [2.45, 2.75) is 25.8 Å². The van der Waals surface area contributed by atoms with Gasteiger partial charge in [0.2, 0.25) is 5.43 Å². The van der Waals surface area contributed by atoms with E-state index >= 15 is 0 Å². The molecular weight excluding hydrogens is 330 g/mol. The lowest BCUT2D eigenvalue weighted by molar-refractivity contribution is 0.0374. The van der Waals surface area contributed by atoms with Gasteiger partial charge in [-0.25, -0.2) is 0 Å². The van der Waals surface area contributed by atoms with Gasteiger partial charge >= 0.3 is 0 Å². The van der Waals surface area contributed by atoms with Crippen molar-refractivity contribution in [2.24, 2.45) is 0 Å². The summed E-state index contributed by atoms with van der Waals surface area (Å²) >= 11 is 0. The van der Waals surface area contributed by atoms with Crippen LogP contribution in [0.5, 0.6) is 0 Å². The van der Waals surface area contributed by atoms with Crippen molar-refractivity contribution in [3.05, 3.63) is 45.7 Å². The predicted octanol–water partition coefficient (Wildman–Crippen LogP) is 1.57. The number of aromatic nitrogens is 1. The number of morpholine rings is 1. The molecule has 2 aliphatic heterocycles. The van der Waals surface area contributed by atoms with Crippen molar-refractivity contribution in [1.29, 1.82) is 0 Å². The molecule has 138 valence electrons. The molecule has 1 unspecified atom stereocenters. The van der Waals surface area contributed by atoms with E-state index in [1.165, 1.54) is 5.56 Å². The highest BCUT2D eigenvalue weighted by atomic mass is 16.5. The maximum Gasteiger partial charge on any atom is 0.256 e. The second-order valence-electron chi connectivity index (χ2n) is 7.21. The first kappa shape index (κ1) is 17.2. The quantitative estimate of drug-likeness (QED) is 0.827. The van der Waals surface area contributed by atoms with Crippen LogP contribution >= 0.6 is 0 Å². The van der Waals surface area contributed by atoms with Crippen LogP contribution in [0.3, 0.4) is 0 Å². The molecule has 3 heterocycles. The molecule has 1 fully saturated rings. The predicted molar refractivity (Wildman–Crippen MR) is 101 cm³/mol. The normalized spacial score (nSPS) is 19.8. The minimum absolute atomic E-state index is 0.169. The SMILES string of the molecule is CC1Cc2cccc3c(=O)c(C(=O)NCCCN4CCOCC4)cn1c23. The van der Waals surface area contributed by atoms with Gasteiger partial charge in [-0.15, -0.1) is 0 Å². The number of ether oxygens (including phenoxy) is 1. The van der Waals surface area contributed by atoms with E-state index in [9.17, 15) is 9.59 Å². The fraction of sp³-hybridized carbons (Fsp3) is 0.500. The van der Waals surface area contributed by atoms with Crippen LogP contribution in [0.4, 0.5) is 0 Å². The van der Waals surface area contributed by atoms with Gasteiger partial charge in [-0.1, -0.05) is 12.1 Å². The molecular formula is C20H25N3O3. The topological polar surface area (TPSA) is 63.6 Å². The van der Waals surface area contributed by atoms with Gasteiger partial charge in [0.05, 0.1) is 18.7 Å². The molecule has 1 aromatic heterocycles. The molecule has 0 bridgehead atoms.